The predicted octanol–water partition coefficient (Wildman–Crippen LogP) is 4.42. The normalized spacial score (nSPS) is 12.5. The van der Waals surface area contributed by atoms with Crippen molar-refractivity contribution in [2.75, 3.05) is 0 Å². The predicted molar refractivity (Wildman–Crippen MR) is 86.3 cm³/mol. The molecule has 0 radical (unpaired) electrons. The second-order valence-electron chi connectivity index (χ2n) is 4.57. The third-order valence-electron chi connectivity index (χ3n) is 3.07. The van der Waals surface area contributed by atoms with Crippen molar-refractivity contribution in [2.45, 2.75) is 13.0 Å². The molecular weight excluding hydrogens is 329 g/mol. The molecule has 0 saturated carbocycles. The van der Waals surface area contributed by atoms with Gasteiger partial charge in [-0.05, 0) is 25.1 Å². The number of halogens is 2. The number of thiophene rings is 1. The lowest BCUT2D eigenvalue weighted by atomic mass is 10.2. The number of amides is 1. The van der Waals surface area contributed by atoms with E-state index in [0.29, 0.717) is 20.1 Å². The average Bonchev–Trinajstić information content (AvgIpc) is 3.01. The number of rotatable bonds is 3. The van der Waals surface area contributed by atoms with E-state index >= 15 is 0 Å². The minimum Gasteiger partial charge on any atom is -0.342 e. The summed E-state index contributed by atoms with van der Waals surface area (Å²) in [7, 11) is 0. The molecule has 3 aromatic rings. The molecule has 0 aliphatic heterocycles. The zero-order chi connectivity index (χ0) is 15.0. The average molecular weight is 340 g/mol. The summed E-state index contributed by atoms with van der Waals surface area (Å²) in [4.78, 5) is 19.8. The molecule has 0 saturated heterocycles. The second-order valence-corrected chi connectivity index (χ2v) is 6.86. The van der Waals surface area contributed by atoms with E-state index in [1.165, 1.54) is 11.3 Å². The van der Waals surface area contributed by atoms with Crippen LogP contribution in [0.3, 0.4) is 0 Å². The third kappa shape index (κ3) is 2.90. The highest BCUT2D eigenvalue weighted by molar-refractivity contribution is 7.20. The lowest BCUT2D eigenvalue weighted by molar-refractivity contribution is 0.0939. The van der Waals surface area contributed by atoms with Crippen molar-refractivity contribution in [3.05, 3.63) is 50.4 Å². The summed E-state index contributed by atoms with van der Waals surface area (Å²) in [6, 6.07) is 9.01. The van der Waals surface area contributed by atoms with E-state index in [2.05, 4.69) is 15.3 Å². The molecule has 1 atom stereocenters. The lowest BCUT2D eigenvalue weighted by Gasteiger charge is -2.10. The number of nitrogens with zero attached hydrogens (tertiary/aromatic N) is 1. The van der Waals surface area contributed by atoms with Crippen molar-refractivity contribution in [3.8, 4) is 0 Å². The molecule has 1 amide bonds. The van der Waals surface area contributed by atoms with Gasteiger partial charge in [-0.1, -0.05) is 35.3 Å². The number of hydrogen-bond donors (Lipinski definition) is 2. The minimum atomic E-state index is -0.267. The number of carbonyl (C=O) groups is 1. The summed E-state index contributed by atoms with van der Waals surface area (Å²) in [6.45, 7) is 1.86. The van der Waals surface area contributed by atoms with Crippen LogP contribution in [0, 0.1) is 0 Å². The van der Waals surface area contributed by atoms with Gasteiger partial charge in [-0.3, -0.25) is 4.79 Å². The molecule has 2 heterocycles. The smallest absolute Gasteiger partial charge is 0.254 e. The Morgan fingerprint density at radius 1 is 1.38 bits per heavy atom. The fourth-order valence-corrected chi connectivity index (χ4v) is 3.47. The minimum absolute atomic E-state index is 0.264. The topological polar surface area (TPSA) is 57.8 Å². The number of nitrogens with one attached hydrogen (secondary N) is 2. The number of H-pyrrole nitrogens is 1. The Balaban J connectivity index is 1.81. The van der Waals surface area contributed by atoms with E-state index < -0.39 is 0 Å². The Bertz CT molecular complexity index is 779. The van der Waals surface area contributed by atoms with Crippen molar-refractivity contribution in [3.63, 3.8) is 0 Å². The Hall–Kier alpha value is -1.56. The molecule has 0 spiro atoms. The maximum atomic E-state index is 12.2. The van der Waals surface area contributed by atoms with E-state index in [-0.39, 0.29) is 11.9 Å². The molecule has 0 aliphatic carbocycles. The van der Waals surface area contributed by atoms with Gasteiger partial charge in [-0.25, -0.2) is 4.98 Å². The van der Waals surface area contributed by atoms with Crippen LogP contribution < -0.4 is 5.32 Å². The Morgan fingerprint density at radius 3 is 2.81 bits per heavy atom. The number of carbonyl (C=O) groups excluding carboxylic acids is 1. The van der Waals surface area contributed by atoms with Crippen LogP contribution in [0.1, 0.15) is 29.1 Å². The van der Waals surface area contributed by atoms with Gasteiger partial charge in [-0.15, -0.1) is 11.3 Å². The molecule has 21 heavy (non-hydrogen) atoms. The Kier molecular flexibility index (Phi) is 3.89. The molecule has 0 bridgehead atoms. The highest BCUT2D eigenvalue weighted by Gasteiger charge is 2.18. The number of para-hydroxylation sites is 2. The number of hydrogen-bond acceptors (Lipinski definition) is 3. The van der Waals surface area contributed by atoms with E-state index in [4.69, 9.17) is 23.2 Å². The van der Waals surface area contributed by atoms with E-state index in [9.17, 15) is 4.79 Å². The van der Waals surface area contributed by atoms with Crippen LogP contribution in [0.25, 0.3) is 11.0 Å². The summed E-state index contributed by atoms with van der Waals surface area (Å²) < 4.78 is 0.871. The van der Waals surface area contributed by atoms with Gasteiger partial charge < -0.3 is 10.3 Å². The van der Waals surface area contributed by atoms with Gasteiger partial charge >= 0.3 is 0 Å². The van der Waals surface area contributed by atoms with Crippen molar-refractivity contribution in [1.82, 2.24) is 15.3 Å². The molecular formula is C14H11Cl2N3OS. The molecule has 2 aromatic heterocycles. The summed E-state index contributed by atoms with van der Waals surface area (Å²) in [5, 5.41) is 2.86. The zero-order valence-electron chi connectivity index (χ0n) is 11.0. The van der Waals surface area contributed by atoms with Crippen LogP contribution >= 0.6 is 34.5 Å². The lowest BCUT2D eigenvalue weighted by Crippen LogP contribution is -2.27. The molecule has 2 N–H and O–H groups in total. The van der Waals surface area contributed by atoms with Crippen molar-refractivity contribution >= 4 is 51.5 Å². The van der Waals surface area contributed by atoms with Gasteiger partial charge in [0, 0.05) is 0 Å². The van der Waals surface area contributed by atoms with Crippen LogP contribution in [-0.2, 0) is 0 Å². The van der Waals surface area contributed by atoms with Gasteiger partial charge in [-0.2, -0.15) is 0 Å². The standard InChI is InChI=1S/C14H11Cl2N3OS/c1-7(13-18-9-4-2-3-5-10(9)19-13)17-14(20)8-6-11(15)21-12(8)16/h2-7H,1H3,(H,17,20)(H,18,19)/t7-/m1/s1. The van der Waals surface area contributed by atoms with Crippen LogP contribution in [0.4, 0.5) is 0 Å². The van der Waals surface area contributed by atoms with E-state index in [1.54, 1.807) is 6.07 Å². The summed E-state index contributed by atoms with van der Waals surface area (Å²) >= 11 is 13.0. The number of benzene rings is 1. The largest absolute Gasteiger partial charge is 0.342 e. The van der Waals surface area contributed by atoms with Crippen LogP contribution in [0.5, 0.6) is 0 Å². The SMILES string of the molecule is C[C@@H](NC(=O)c1cc(Cl)sc1Cl)c1nc2ccccc2[nH]1. The summed E-state index contributed by atoms with van der Waals surface area (Å²) in [5.74, 6) is 0.429. The van der Waals surface area contributed by atoms with E-state index in [1.807, 2.05) is 31.2 Å². The van der Waals surface area contributed by atoms with Crippen LogP contribution in [0.15, 0.2) is 30.3 Å². The number of fused-ring (bicyclic) bond motifs is 1. The maximum Gasteiger partial charge on any atom is 0.254 e. The van der Waals surface area contributed by atoms with Crippen LogP contribution in [0.2, 0.25) is 8.67 Å². The first kappa shape index (κ1) is 14.4. The molecule has 3 rings (SSSR count). The first-order valence-corrected chi connectivity index (χ1v) is 7.82. The first-order chi connectivity index (χ1) is 10.0. The number of aromatic amines is 1. The Morgan fingerprint density at radius 2 is 2.14 bits per heavy atom. The van der Waals surface area contributed by atoms with Crippen LogP contribution in [-0.4, -0.2) is 15.9 Å². The van der Waals surface area contributed by atoms with Gasteiger partial charge in [0.05, 0.1) is 27.0 Å². The molecule has 1 aromatic carbocycles. The monoisotopic (exact) mass is 339 g/mol. The fourth-order valence-electron chi connectivity index (χ4n) is 2.02. The van der Waals surface area contributed by atoms with Gasteiger partial charge in [0.25, 0.3) is 5.91 Å². The quantitative estimate of drug-likeness (QED) is 0.741. The van der Waals surface area contributed by atoms with Crippen molar-refractivity contribution < 1.29 is 4.79 Å². The first-order valence-electron chi connectivity index (χ1n) is 6.25. The fraction of sp³-hybridized carbons (Fsp3) is 0.143. The highest BCUT2D eigenvalue weighted by atomic mass is 35.5. The van der Waals surface area contributed by atoms with Gasteiger partial charge in [0.15, 0.2) is 0 Å². The number of aromatic nitrogens is 2. The molecule has 0 fully saturated rings. The maximum absolute atomic E-state index is 12.2. The zero-order valence-corrected chi connectivity index (χ0v) is 13.3. The van der Waals surface area contributed by atoms with Gasteiger partial charge in [0.1, 0.15) is 10.2 Å². The third-order valence-corrected chi connectivity index (χ3v) is 4.55. The van der Waals surface area contributed by atoms with Crippen molar-refractivity contribution in [1.29, 1.82) is 0 Å². The van der Waals surface area contributed by atoms with Gasteiger partial charge in [0.2, 0.25) is 0 Å². The Labute approximate surface area is 135 Å². The molecule has 0 aliphatic rings. The summed E-state index contributed by atoms with van der Waals surface area (Å²) in [6.07, 6.45) is 0. The molecule has 7 heteroatoms. The highest BCUT2D eigenvalue weighted by Crippen LogP contribution is 2.31. The second kappa shape index (κ2) is 5.67. The molecule has 0 unspecified atom stereocenters. The summed E-state index contributed by atoms with van der Waals surface area (Å²) in [5.41, 5.74) is 2.19. The van der Waals surface area contributed by atoms with Crippen molar-refractivity contribution in [2.24, 2.45) is 0 Å². The van der Waals surface area contributed by atoms with E-state index in [0.717, 1.165) is 11.0 Å². The molecule has 108 valence electrons. The molecule has 4 nitrogen and oxygen atoms in total. The number of imidazole rings is 1.